The molecule has 5 nitrogen and oxygen atoms in total. The van der Waals surface area contributed by atoms with Gasteiger partial charge in [-0.25, -0.2) is 8.42 Å². The summed E-state index contributed by atoms with van der Waals surface area (Å²) in [4.78, 5) is 6.11. The van der Waals surface area contributed by atoms with Crippen LogP contribution in [-0.4, -0.2) is 54.0 Å². The van der Waals surface area contributed by atoms with E-state index >= 15 is 0 Å². The molecule has 0 aliphatic carbocycles. The molecule has 0 amide bonds. The lowest BCUT2D eigenvalue weighted by molar-refractivity contribution is 0.165. The predicted molar refractivity (Wildman–Crippen MR) is 87.9 cm³/mol. The first kappa shape index (κ1) is 16.7. The van der Waals surface area contributed by atoms with E-state index in [-0.39, 0.29) is 12.1 Å². The number of thioether (sulfide) groups is 1. The smallest absolute Gasteiger partial charge is 0.164 e. The van der Waals surface area contributed by atoms with Crippen LogP contribution in [0.3, 0.4) is 0 Å². The maximum absolute atomic E-state index is 12.1. The molecule has 1 saturated heterocycles. The molecule has 3 atom stereocenters. The normalized spacial score (nSPS) is 23.7. The van der Waals surface area contributed by atoms with Crippen molar-refractivity contribution in [2.24, 2.45) is 5.73 Å². The fraction of sp³-hybridized carbons (Fsp3) is 0.643. The Morgan fingerprint density at radius 1 is 1.48 bits per heavy atom. The maximum atomic E-state index is 12.1. The number of hydrogen-bond acceptors (Lipinski definition) is 6. The number of aromatic nitrogens is 1. The number of sulfone groups is 1. The molecule has 21 heavy (non-hydrogen) atoms. The Kier molecular flexibility index (Phi) is 5.65. The van der Waals surface area contributed by atoms with Crippen molar-refractivity contribution >= 4 is 21.6 Å². The highest BCUT2D eigenvalue weighted by Crippen LogP contribution is 2.32. The van der Waals surface area contributed by atoms with Gasteiger partial charge in [0.05, 0.1) is 6.04 Å². The molecule has 2 rings (SSSR count). The lowest BCUT2D eigenvalue weighted by Crippen LogP contribution is -2.52. The minimum Gasteiger partial charge on any atom is -0.326 e. The van der Waals surface area contributed by atoms with E-state index < -0.39 is 15.2 Å². The third-order valence-electron chi connectivity index (χ3n) is 3.90. The molecular formula is C14H23N3O2S2. The van der Waals surface area contributed by atoms with Crippen molar-refractivity contribution in [3.05, 3.63) is 30.1 Å². The van der Waals surface area contributed by atoms with Crippen LogP contribution in [0.15, 0.2) is 24.5 Å². The number of rotatable bonds is 5. The largest absolute Gasteiger partial charge is 0.326 e. The molecule has 1 fully saturated rings. The zero-order valence-corrected chi connectivity index (χ0v) is 14.1. The van der Waals surface area contributed by atoms with Gasteiger partial charge in [0.2, 0.25) is 0 Å². The van der Waals surface area contributed by atoms with E-state index in [9.17, 15) is 8.42 Å². The quantitative estimate of drug-likeness (QED) is 0.877. The van der Waals surface area contributed by atoms with Crippen molar-refractivity contribution in [1.82, 2.24) is 9.88 Å². The minimum absolute atomic E-state index is 0.0846. The van der Waals surface area contributed by atoms with Crippen LogP contribution in [0.25, 0.3) is 0 Å². The van der Waals surface area contributed by atoms with E-state index in [0.717, 1.165) is 24.3 Å². The van der Waals surface area contributed by atoms with Gasteiger partial charge in [-0.3, -0.25) is 9.88 Å². The van der Waals surface area contributed by atoms with E-state index in [4.69, 9.17) is 5.73 Å². The molecule has 2 N–H and O–H groups in total. The van der Waals surface area contributed by atoms with E-state index in [1.54, 1.807) is 24.2 Å². The number of nitrogens with zero attached hydrogens (tertiary/aromatic N) is 2. The van der Waals surface area contributed by atoms with Gasteiger partial charge < -0.3 is 5.73 Å². The van der Waals surface area contributed by atoms with Gasteiger partial charge in [0.1, 0.15) is 5.37 Å². The van der Waals surface area contributed by atoms with Crippen molar-refractivity contribution in [2.45, 2.75) is 30.8 Å². The monoisotopic (exact) mass is 329 g/mol. The molecule has 0 spiro atoms. The summed E-state index contributed by atoms with van der Waals surface area (Å²) >= 11 is 1.69. The standard InChI is InChI=1S/C14H23N3O2S2/c1-3-12(15)14(11-4-6-16-7-5-11)17-8-9-20-10-13(17)21(2,18)19/h4-7,12-14H,3,8-10,15H2,1-2H3. The second-order valence-corrected chi connectivity index (χ2v) is 8.75. The van der Waals surface area contributed by atoms with Gasteiger partial charge in [-0.15, -0.1) is 0 Å². The average molecular weight is 329 g/mol. The third kappa shape index (κ3) is 3.97. The summed E-state index contributed by atoms with van der Waals surface area (Å²) in [6, 6.07) is 3.68. The van der Waals surface area contributed by atoms with E-state index in [1.807, 2.05) is 19.1 Å². The average Bonchev–Trinajstić information content (AvgIpc) is 2.48. The molecule has 0 bridgehead atoms. The maximum Gasteiger partial charge on any atom is 0.164 e. The van der Waals surface area contributed by atoms with Crippen LogP contribution < -0.4 is 5.73 Å². The molecule has 1 aliphatic heterocycles. The van der Waals surface area contributed by atoms with Crippen molar-refractivity contribution in [1.29, 1.82) is 0 Å². The zero-order chi connectivity index (χ0) is 15.5. The molecule has 7 heteroatoms. The minimum atomic E-state index is -3.14. The molecule has 1 aliphatic rings. The zero-order valence-electron chi connectivity index (χ0n) is 12.5. The lowest BCUT2D eigenvalue weighted by Gasteiger charge is -2.42. The summed E-state index contributed by atoms with van der Waals surface area (Å²) in [6.07, 6.45) is 5.59. The molecule has 3 unspecified atom stereocenters. The Hall–Kier alpha value is -0.630. The summed E-state index contributed by atoms with van der Waals surface area (Å²) in [5.41, 5.74) is 7.36. The summed E-state index contributed by atoms with van der Waals surface area (Å²) in [5, 5.41) is -0.466. The molecule has 2 heterocycles. The summed E-state index contributed by atoms with van der Waals surface area (Å²) in [6.45, 7) is 2.77. The fourth-order valence-electron chi connectivity index (χ4n) is 2.75. The van der Waals surface area contributed by atoms with Crippen LogP contribution in [0.4, 0.5) is 0 Å². The van der Waals surface area contributed by atoms with Crippen LogP contribution in [0.5, 0.6) is 0 Å². The summed E-state index contributed by atoms with van der Waals surface area (Å²) in [5.74, 6) is 1.54. The topological polar surface area (TPSA) is 76.3 Å². The number of hydrogen-bond donors (Lipinski definition) is 1. The molecular weight excluding hydrogens is 306 g/mol. The first-order valence-corrected chi connectivity index (χ1v) is 10.2. The Labute approximate surface area is 131 Å². The van der Waals surface area contributed by atoms with Gasteiger partial charge in [0.15, 0.2) is 9.84 Å². The third-order valence-corrected chi connectivity index (χ3v) is 6.56. The van der Waals surface area contributed by atoms with Crippen LogP contribution in [0.1, 0.15) is 24.9 Å². The highest BCUT2D eigenvalue weighted by Gasteiger charge is 2.38. The van der Waals surface area contributed by atoms with Crippen molar-refractivity contribution < 1.29 is 8.42 Å². The first-order chi connectivity index (χ1) is 9.95. The van der Waals surface area contributed by atoms with Crippen LogP contribution in [0, 0.1) is 0 Å². The van der Waals surface area contributed by atoms with Gasteiger partial charge in [-0.1, -0.05) is 6.92 Å². The molecule has 0 saturated carbocycles. The van der Waals surface area contributed by atoms with Crippen LogP contribution in [-0.2, 0) is 9.84 Å². The molecule has 1 aromatic heterocycles. The van der Waals surface area contributed by atoms with E-state index in [2.05, 4.69) is 9.88 Å². The van der Waals surface area contributed by atoms with Gasteiger partial charge in [-0.05, 0) is 24.1 Å². The lowest BCUT2D eigenvalue weighted by atomic mass is 9.97. The van der Waals surface area contributed by atoms with E-state index in [1.165, 1.54) is 6.26 Å². The number of pyridine rings is 1. The Morgan fingerprint density at radius 2 is 2.14 bits per heavy atom. The van der Waals surface area contributed by atoms with E-state index in [0.29, 0.717) is 5.75 Å². The Balaban J connectivity index is 2.39. The van der Waals surface area contributed by atoms with Crippen LogP contribution >= 0.6 is 11.8 Å². The SMILES string of the molecule is CCC(N)C(c1ccncc1)N1CCSCC1S(C)(=O)=O. The first-order valence-electron chi connectivity index (χ1n) is 7.13. The van der Waals surface area contributed by atoms with Gasteiger partial charge in [-0.2, -0.15) is 11.8 Å². The van der Waals surface area contributed by atoms with Crippen molar-refractivity contribution in [3.63, 3.8) is 0 Å². The Bertz CT molecular complexity index is 551. The summed E-state index contributed by atoms with van der Waals surface area (Å²) in [7, 11) is -3.14. The van der Waals surface area contributed by atoms with Crippen molar-refractivity contribution in [3.8, 4) is 0 Å². The molecule has 1 aromatic rings. The fourth-order valence-corrected chi connectivity index (χ4v) is 5.66. The second-order valence-electron chi connectivity index (χ2n) is 5.39. The molecule has 118 valence electrons. The highest BCUT2D eigenvalue weighted by atomic mass is 32.2. The Morgan fingerprint density at radius 3 is 2.71 bits per heavy atom. The van der Waals surface area contributed by atoms with Crippen LogP contribution in [0.2, 0.25) is 0 Å². The van der Waals surface area contributed by atoms with Gasteiger partial charge >= 0.3 is 0 Å². The molecule has 0 aromatic carbocycles. The van der Waals surface area contributed by atoms with Gasteiger partial charge in [0.25, 0.3) is 0 Å². The highest BCUT2D eigenvalue weighted by molar-refractivity contribution is 8.00. The van der Waals surface area contributed by atoms with Gasteiger partial charge in [0, 0.05) is 42.7 Å². The summed E-state index contributed by atoms with van der Waals surface area (Å²) < 4.78 is 24.3. The number of nitrogens with two attached hydrogens (primary N) is 1. The predicted octanol–water partition coefficient (Wildman–Crippen LogP) is 1.28. The molecule has 0 radical (unpaired) electrons. The second kappa shape index (κ2) is 7.09. The van der Waals surface area contributed by atoms with Crippen molar-refractivity contribution in [2.75, 3.05) is 24.3 Å².